The highest BCUT2D eigenvalue weighted by Crippen LogP contribution is 2.10. The third-order valence-electron chi connectivity index (χ3n) is 2.41. The standard InChI is InChI=1S/C12H11FN2O/c1-15-7-6-14-12(15)8-11(16)9-4-2-3-5-10(9)13/h2-7H,8H2,1H3. The Bertz CT molecular complexity index is 519. The number of hydrogen-bond donors (Lipinski definition) is 0. The molecule has 4 heteroatoms. The lowest BCUT2D eigenvalue weighted by atomic mass is 10.1. The van der Waals surface area contributed by atoms with E-state index in [1.165, 1.54) is 12.1 Å². The Labute approximate surface area is 92.5 Å². The van der Waals surface area contributed by atoms with E-state index in [0.717, 1.165) is 0 Å². The Kier molecular flexibility index (Phi) is 2.81. The molecular formula is C12H11FN2O. The van der Waals surface area contributed by atoms with Gasteiger partial charge in [0.15, 0.2) is 5.78 Å². The van der Waals surface area contributed by atoms with Crippen molar-refractivity contribution in [2.45, 2.75) is 6.42 Å². The molecule has 0 spiro atoms. The molecular weight excluding hydrogens is 207 g/mol. The van der Waals surface area contributed by atoms with Crippen molar-refractivity contribution in [2.75, 3.05) is 0 Å². The second kappa shape index (κ2) is 4.26. The minimum Gasteiger partial charge on any atom is -0.338 e. The smallest absolute Gasteiger partial charge is 0.173 e. The van der Waals surface area contributed by atoms with Gasteiger partial charge in [0.25, 0.3) is 0 Å². The van der Waals surface area contributed by atoms with Crippen molar-refractivity contribution in [3.63, 3.8) is 0 Å². The molecule has 0 aliphatic heterocycles. The number of rotatable bonds is 3. The highest BCUT2D eigenvalue weighted by atomic mass is 19.1. The molecule has 0 N–H and O–H groups in total. The van der Waals surface area contributed by atoms with Gasteiger partial charge in [-0.3, -0.25) is 4.79 Å². The number of imidazole rings is 1. The predicted molar refractivity (Wildman–Crippen MR) is 57.6 cm³/mol. The van der Waals surface area contributed by atoms with E-state index < -0.39 is 5.82 Å². The number of hydrogen-bond acceptors (Lipinski definition) is 2. The molecule has 0 bridgehead atoms. The van der Waals surface area contributed by atoms with Gasteiger partial charge in [-0.25, -0.2) is 9.37 Å². The van der Waals surface area contributed by atoms with E-state index in [-0.39, 0.29) is 17.8 Å². The summed E-state index contributed by atoms with van der Waals surface area (Å²) in [5, 5.41) is 0. The maximum absolute atomic E-state index is 13.3. The molecule has 2 aromatic rings. The van der Waals surface area contributed by atoms with E-state index in [1.54, 1.807) is 36.1 Å². The zero-order valence-corrected chi connectivity index (χ0v) is 8.85. The van der Waals surface area contributed by atoms with Crippen molar-refractivity contribution in [2.24, 2.45) is 7.05 Å². The van der Waals surface area contributed by atoms with E-state index in [0.29, 0.717) is 5.82 Å². The Morgan fingerprint density at radius 2 is 2.19 bits per heavy atom. The van der Waals surface area contributed by atoms with Gasteiger partial charge in [0.2, 0.25) is 0 Å². The van der Waals surface area contributed by atoms with Gasteiger partial charge < -0.3 is 4.57 Å². The van der Waals surface area contributed by atoms with Gasteiger partial charge >= 0.3 is 0 Å². The fraction of sp³-hybridized carbons (Fsp3) is 0.167. The Morgan fingerprint density at radius 3 is 2.81 bits per heavy atom. The lowest BCUT2D eigenvalue weighted by Crippen LogP contribution is -2.09. The summed E-state index contributed by atoms with van der Waals surface area (Å²) in [7, 11) is 1.80. The van der Waals surface area contributed by atoms with Crippen molar-refractivity contribution in [1.82, 2.24) is 9.55 Å². The van der Waals surface area contributed by atoms with Crippen LogP contribution in [0.25, 0.3) is 0 Å². The molecule has 0 saturated heterocycles. The first-order valence-corrected chi connectivity index (χ1v) is 4.92. The number of nitrogens with zero attached hydrogens (tertiary/aromatic N) is 2. The summed E-state index contributed by atoms with van der Waals surface area (Å²) in [6.07, 6.45) is 3.48. The summed E-state index contributed by atoms with van der Waals surface area (Å²) in [5.74, 6) is -0.109. The zero-order chi connectivity index (χ0) is 11.5. The molecule has 16 heavy (non-hydrogen) atoms. The molecule has 3 nitrogen and oxygen atoms in total. The van der Waals surface area contributed by atoms with E-state index >= 15 is 0 Å². The number of ketones is 1. The van der Waals surface area contributed by atoms with Gasteiger partial charge in [-0.05, 0) is 12.1 Å². The van der Waals surface area contributed by atoms with Gasteiger partial charge in [0.1, 0.15) is 11.6 Å². The minimum absolute atomic E-state index is 0.116. The van der Waals surface area contributed by atoms with Gasteiger partial charge in [-0.1, -0.05) is 12.1 Å². The van der Waals surface area contributed by atoms with Crippen molar-refractivity contribution < 1.29 is 9.18 Å². The molecule has 0 fully saturated rings. The summed E-state index contributed by atoms with van der Waals surface area (Å²) >= 11 is 0. The number of aryl methyl sites for hydroxylation is 1. The van der Waals surface area contributed by atoms with Crippen molar-refractivity contribution in [3.8, 4) is 0 Å². The first kappa shape index (κ1) is 10.5. The first-order chi connectivity index (χ1) is 7.68. The Hall–Kier alpha value is -1.97. The quantitative estimate of drug-likeness (QED) is 0.738. The van der Waals surface area contributed by atoms with E-state index in [2.05, 4.69) is 4.98 Å². The zero-order valence-electron chi connectivity index (χ0n) is 8.85. The van der Waals surface area contributed by atoms with Crippen LogP contribution in [0.5, 0.6) is 0 Å². The maximum Gasteiger partial charge on any atom is 0.173 e. The summed E-state index contributed by atoms with van der Waals surface area (Å²) in [4.78, 5) is 15.8. The molecule has 0 aliphatic rings. The topological polar surface area (TPSA) is 34.9 Å². The largest absolute Gasteiger partial charge is 0.338 e. The van der Waals surface area contributed by atoms with Gasteiger partial charge in [0, 0.05) is 19.4 Å². The molecule has 0 radical (unpaired) electrons. The molecule has 0 aliphatic carbocycles. The molecule has 0 unspecified atom stereocenters. The third-order valence-corrected chi connectivity index (χ3v) is 2.41. The molecule has 1 heterocycles. The highest BCUT2D eigenvalue weighted by Gasteiger charge is 2.13. The Morgan fingerprint density at radius 1 is 1.44 bits per heavy atom. The van der Waals surface area contributed by atoms with Crippen LogP contribution in [0.2, 0.25) is 0 Å². The van der Waals surface area contributed by atoms with Gasteiger partial charge in [0.05, 0.1) is 12.0 Å². The van der Waals surface area contributed by atoms with Crippen LogP contribution in [0, 0.1) is 5.82 Å². The summed E-state index contributed by atoms with van der Waals surface area (Å²) in [5.41, 5.74) is 0.116. The molecule has 0 atom stereocenters. The summed E-state index contributed by atoms with van der Waals surface area (Å²) in [6, 6.07) is 5.98. The van der Waals surface area contributed by atoms with Gasteiger partial charge in [-0.2, -0.15) is 0 Å². The molecule has 0 saturated carbocycles. The number of carbonyl (C=O) groups excluding carboxylic acids is 1. The van der Waals surface area contributed by atoms with Crippen molar-refractivity contribution in [1.29, 1.82) is 0 Å². The average molecular weight is 218 g/mol. The van der Waals surface area contributed by atoms with Crippen LogP contribution in [0.3, 0.4) is 0 Å². The normalized spacial score (nSPS) is 10.4. The van der Waals surface area contributed by atoms with Crippen molar-refractivity contribution in [3.05, 3.63) is 53.9 Å². The van der Waals surface area contributed by atoms with E-state index in [1.807, 2.05) is 0 Å². The lowest BCUT2D eigenvalue weighted by molar-refractivity contribution is 0.0986. The molecule has 1 aromatic heterocycles. The lowest BCUT2D eigenvalue weighted by Gasteiger charge is -2.02. The highest BCUT2D eigenvalue weighted by molar-refractivity contribution is 5.97. The van der Waals surface area contributed by atoms with Crippen LogP contribution in [0.1, 0.15) is 16.2 Å². The maximum atomic E-state index is 13.3. The molecule has 1 aromatic carbocycles. The van der Waals surface area contributed by atoms with Crippen LogP contribution < -0.4 is 0 Å². The SMILES string of the molecule is Cn1ccnc1CC(=O)c1ccccc1F. The fourth-order valence-electron chi connectivity index (χ4n) is 1.49. The van der Waals surface area contributed by atoms with E-state index in [4.69, 9.17) is 0 Å². The molecule has 0 amide bonds. The van der Waals surface area contributed by atoms with Crippen LogP contribution >= 0.6 is 0 Å². The fourth-order valence-corrected chi connectivity index (χ4v) is 1.49. The van der Waals surface area contributed by atoms with Crippen LogP contribution in [-0.2, 0) is 13.5 Å². The van der Waals surface area contributed by atoms with Crippen LogP contribution in [0.4, 0.5) is 4.39 Å². The van der Waals surface area contributed by atoms with Crippen LogP contribution in [0.15, 0.2) is 36.7 Å². The molecule has 2 rings (SSSR count). The number of halogens is 1. The monoisotopic (exact) mass is 218 g/mol. The Balaban J connectivity index is 2.22. The summed E-state index contributed by atoms with van der Waals surface area (Å²) < 4.78 is 15.1. The van der Waals surface area contributed by atoms with Crippen molar-refractivity contribution >= 4 is 5.78 Å². The van der Waals surface area contributed by atoms with Gasteiger partial charge in [-0.15, -0.1) is 0 Å². The number of benzene rings is 1. The number of aromatic nitrogens is 2. The van der Waals surface area contributed by atoms with Crippen LogP contribution in [-0.4, -0.2) is 15.3 Å². The minimum atomic E-state index is -0.485. The summed E-state index contributed by atoms with van der Waals surface area (Å²) in [6.45, 7) is 0. The average Bonchev–Trinajstić information content (AvgIpc) is 2.65. The predicted octanol–water partition coefficient (Wildman–Crippen LogP) is 1.98. The first-order valence-electron chi connectivity index (χ1n) is 4.92. The second-order valence-corrected chi connectivity index (χ2v) is 3.53. The number of Topliss-reactive ketones (excluding diaryl/α,β-unsaturated/α-hetero) is 1. The second-order valence-electron chi connectivity index (χ2n) is 3.53. The van der Waals surface area contributed by atoms with E-state index in [9.17, 15) is 9.18 Å². The molecule has 82 valence electrons. The third kappa shape index (κ3) is 2.00. The number of carbonyl (C=O) groups is 1.